The molecule has 46 valence electrons. The van der Waals surface area contributed by atoms with E-state index in [0.717, 1.165) is 0 Å². The Morgan fingerprint density at radius 2 is 2.38 bits per heavy atom. The smallest absolute Gasteiger partial charge is 0.157 e. The van der Waals surface area contributed by atoms with Gasteiger partial charge < -0.3 is 10.5 Å². The molecular weight excluding hydrogens is 106 g/mol. The molecule has 0 aliphatic heterocycles. The first-order valence-corrected chi connectivity index (χ1v) is 2.32. The highest BCUT2D eigenvalue weighted by molar-refractivity contribution is 5.50. The SMILES string of the molecule is NC/C=C/OCC=O. The molecule has 8 heavy (non-hydrogen) atoms. The second-order valence-corrected chi connectivity index (χ2v) is 1.11. The van der Waals surface area contributed by atoms with Gasteiger partial charge in [-0.1, -0.05) is 0 Å². The third-order valence-corrected chi connectivity index (χ3v) is 0.493. The quantitative estimate of drug-likeness (QED) is 0.310. The van der Waals surface area contributed by atoms with Gasteiger partial charge in [-0.15, -0.1) is 0 Å². The molecule has 0 heterocycles. The zero-order chi connectivity index (χ0) is 6.24. The first-order chi connectivity index (χ1) is 3.91. The van der Waals surface area contributed by atoms with E-state index in [0.29, 0.717) is 12.8 Å². The molecule has 0 aliphatic carbocycles. The fourth-order valence-electron chi connectivity index (χ4n) is 0.218. The minimum atomic E-state index is 0.108. The number of hydrogen-bond acceptors (Lipinski definition) is 3. The summed E-state index contributed by atoms with van der Waals surface area (Å²) in [6.07, 6.45) is 3.72. The molecule has 0 spiro atoms. The molecule has 0 radical (unpaired) electrons. The van der Waals surface area contributed by atoms with Gasteiger partial charge in [-0.05, 0) is 6.08 Å². The largest absolute Gasteiger partial charge is 0.494 e. The van der Waals surface area contributed by atoms with Crippen molar-refractivity contribution in [2.45, 2.75) is 0 Å². The molecule has 0 aromatic carbocycles. The summed E-state index contributed by atoms with van der Waals surface area (Å²) in [4.78, 5) is 9.58. The molecule has 0 saturated heterocycles. The van der Waals surface area contributed by atoms with Crippen molar-refractivity contribution >= 4 is 6.29 Å². The summed E-state index contributed by atoms with van der Waals surface area (Å²) in [5.41, 5.74) is 5.06. The van der Waals surface area contributed by atoms with Crippen LogP contribution in [0.3, 0.4) is 0 Å². The van der Waals surface area contributed by atoms with Crippen LogP contribution in [0.5, 0.6) is 0 Å². The Morgan fingerprint density at radius 1 is 1.62 bits per heavy atom. The van der Waals surface area contributed by atoms with Gasteiger partial charge in [0.05, 0.1) is 6.26 Å². The molecule has 0 saturated carbocycles. The van der Waals surface area contributed by atoms with Crippen LogP contribution in [0.4, 0.5) is 0 Å². The van der Waals surface area contributed by atoms with E-state index in [-0.39, 0.29) is 6.61 Å². The Morgan fingerprint density at radius 3 is 2.88 bits per heavy atom. The molecule has 0 aromatic rings. The van der Waals surface area contributed by atoms with E-state index in [1.807, 2.05) is 0 Å². The van der Waals surface area contributed by atoms with Crippen LogP contribution in [0, 0.1) is 0 Å². The molecule has 3 nitrogen and oxygen atoms in total. The summed E-state index contributed by atoms with van der Waals surface area (Å²) in [5, 5.41) is 0. The highest BCUT2D eigenvalue weighted by atomic mass is 16.5. The van der Waals surface area contributed by atoms with Gasteiger partial charge >= 0.3 is 0 Å². The average Bonchev–Trinajstić information content (AvgIpc) is 1.81. The maximum absolute atomic E-state index is 9.58. The summed E-state index contributed by atoms with van der Waals surface area (Å²) < 4.78 is 4.59. The standard InChI is InChI=1S/C5H9NO2/c6-2-1-4-8-5-3-7/h1,3-4H,2,5-6H2/b4-1+. The highest BCUT2D eigenvalue weighted by Gasteiger charge is 1.71. The van der Waals surface area contributed by atoms with Crippen molar-refractivity contribution in [1.29, 1.82) is 0 Å². The Bertz CT molecular complexity index is 80.5. The van der Waals surface area contributed by atoms with E-state index in [9.17, 15) is 4.79 Å². The van der Waals surface area contributed by atoms with Crippen LogP contribution in [0.2, 0.25) is 0 Å². The van der Waals surface area contributed by atoms with Crippen molar-refractivity contribution in [3.05, 3.63) is 12.3 Å². The number of nitrogens with two attached hydrogens (primary N) is 1. The average molecular weight is 115 g/mol. The van der Waals surface area contributed by atoms with Gasteiger partial charge in [0.1, 0.15) is 6.61 Å². The van der Waals surface area contributed by atoms with E-state index in [1.165, 1.54) is 6.26 Å². The van der Waals surface area contributed by atoms with Gasteiger partial charge in [0.25, 0.3) is 0 Å². The Balaban J connectivity index is 2.90. The summed E-state index contributed by atoms with van der Waals surface area (Å²) in [6.45, 7) is 0.551. The number of hydrogen-bond donors (Lipinski definition) is 1. The van der Waals surface area contributed by atoms with Crippen LogP contribution in [-0.4, -0.2) is 19.4 Å². The zero-order valence-electron chi connectivity index (χ0n) is 4.54. The topological polar surface area (TPSA) is 52.3 Å². The van der Waals surface area contributed by atoms with Crippen LogP contribution < -0.4 is 5.73 Å². The van der Waals surface area contributed by atoms with E-state index in [2.05, 4.69) is 4.74 Å². The summed E-state index contributed by atoms with van der Waals surface area (Å²) >= 11 is 0. The van der Waals surface area contributed by atoms with E-state index >= 15 is 0 Å². The molecule has 2 N–H and O–H groups in total. The fraction of sp³-hybridized carbons (Fsp3) is 0.400. The van der Waals surface area contributed by atoms with Gasteiger partial charge in [-0.2, -0.15) is 0 Å². The third kappa shape index (κ3) is 5.17. The maximum atomic E-state index is 9.58. The number of ether oxygens (including phenoxy) is 1. The summed E-state index contributed by atoms with van der Waals surface area (Å²) in [5.74, 6) is 0. The van der Waals surface area contributed by atoms with Gasteiger partial charge in [0.15, 0.2) is 6.29 Å². The minimum Gasteiger partial charge on any atom is -0.494 e. The third-order valence-electron chi connectivity index (χ3n) is 0.493. The van der Waals surface area contributed by atoms with Crippen molar-refractivity contribution in [1.82, 2.24) is 0 Å². The first-order valence-electron chi connectivity index (χ1n) is 2.32. The number of carbonyl (C=O) groups is 1. The number of rotatable bonds is 4. The lowest BCUT2D eigenvalue weighted by molar-refractivity contribution is -0.110. The Labute approximate surface area is 48.1 Å². The predicted octanol–water partition coefficient (Wildman–Crippen LogP) is -0.326. The molecule has 0 rings (SSSR count). The summed E-state index contributed by atoms with van der Waals surface area (Å²) in [7, 11) is 0. The van der Waals surface area contributed by atoms with E-state index in [1.54, 1.807) is 6.08 Å². The van der Waals surface area contributed by atoms with E-state index in [4.69, 9.17) is 5.73 Å². The lowest BCUT2D eigenvalue weighted by Crippen LogP contribution is -1.93. The Kier molecular flexibility index (Phi) is 5.53. The molecule has 0 bridgehead atoms. The van der Waals surface area contributed by atoms with Crippen LogP contribution in [-0.2, 0) is 9.53 Å². The number of aldehydes is 1. The van der Waals surface area contributed by atoms with Crippen LogP contribution in [0.1, 0.15) is 0 Å². The van der Waals surface area contributed by atoms with Crippen molar-refractivity contribution in [2.75, 3.05) is 13.2 Å². The molecule has 0 unspecified atom stereocenters. The van der Waals surface area contributed by atoms with Gasteiger partial charge in [0.2, 0.25) is 0 Å². The molecule has 0 atom stereocenters. The second-order valence-electron chi connectivity index (χ2n) is 1.11. The molecule has 0 aromatic heterocycles. The van der Waals surface area contributed by atoms with Crippen molar-refractivity contribution in [3.8, 4) is 0 Å². The van der Waals surface area contributed by atoms with Crippen molar-refractivity contribution < 1.29 is 9.53 Å². The predicted molar refractivity (Wildman–Crippen MR) is 30.2 cm³/mol. The normalized spacial score (nSPS) is 9.62. The van der Waals surface area contributed by atoms with Crippen LogP contribution in [0.15, 0.2) is 12.3 Å². The minimum absolute atomic E-state index is 0.108. The van der Waals surface area contributed by atoms with Crippen LogP contribution >= 0.6 is 0 Å². The van der Waals surface area contributed by atoms with Gasteiger partial charge in [-0.25, -0.2) is 0 Å². The van der Waals surface area contributed by atoms with Crippen LogP contribution in [0.25, 0.3) is 0 Å². The second kappa shape index (κ2) is 6.17. The summed E-state index contributed by atoms with van der Waals surface area (Å²) in [6, 6.07) is 0. The molecular formula is C5H9NO2. The Hall–Kier alpha value is -0.830. The molecule has 0 aliphatic rings. The number of carbonyl (C=O) groups excluding carboxylic acids is 1. The van der Waals surface area contributed by atoms with E-state index < -0.39 is 0 Å². The molecule has 0 fully saturated rings. The maximum Gasteiger partial charge on any atom is 0.157 e. The highest BCUT2D eigenvalue weighted by Crippen LogP contribution is 1.70. The zero-order valence-corrected chi connectivity index (χ0v) is 4.54. The lowest BCUT2D eigenvalue weighted by atomic mass is 10.6. The van der Waals surface area contributed by atoms with Gasteiger partial charge in [-0.3, -0.25) is 4.79 Å². The first kappa shape index (κ1) is 7.17. The molecule has 0 amide bonds. The van der Waals surface area contributed by atoms with Gasteiger partial charge in [0, 0.05) is 6.54 Å². The lowest BCUT2D eigenvalue weighted by Gasteiger charge is -1.87. The molecule has 3 heteroatoms. The van der Waals surface area contributed by atoms with Crippen molar-refractivity contribution in [3.63, 3.8) is 0 Å². The fourth-order valence-corrected chi connectivity index (χ4v) is 0.218. The monoisotopic (exact) mass is 115 g/mol. The van der Waals surface area contributed by atoms with Crippen molar-refractivity contribution in [2.24, 2.45) is 5.73 Å².